The van der Waals surface area contributed by atoms with Crippen molar-refractivity contribution in [2.24, 2.45) is 29.4 Å². The predicted octanol–water partition coefficient (Wildman–Crippen LogP) is 0.349. The van der Waals surface area contributed by atoms with Crippen LogP contribution in [0.15, 0.2) is 6.07 Å². The first-order valence-corrected chi connectivity index (χ1v) is 14.5. The van der Waals surface area contributed by atoms with Crippen molar-refractivity contribution < 1.29 is 43.7 Å². The third-order valence-electron chi connectivity index (χ3n) is 9.00. The summed E-state index contributed by atoms with van der Waals surface area (Å²) in [6.45, 7) is 2.10. The summed E-state index contributed by atoms with van der Waals surface area (Å²) in [6, 6.07) is 0.479. The van der Waals surface area contributed by atoms with Crippen LogP contribution in [0.2, 0.25) is 0 Å². The number of ketones is 4. The van der Waals surface area contributed by atoms with Crippen LogP contribution in [0.4, 0.5) is 10.5 Å². The van der Waals surface area contributed by atoms with E-state index >= 15 is 0 Å². The van der Waals surface area contributed by atoms with Gasteiger partial charge in [-0.1, -0.05) is 19.8 Å². The number of ether oxygens (including phenoxy) is 1. The molecule has 0 aromatic heterocycles. The second-order valence-electron chi connectivity index (χ2n) is 12.1. The van der Waals surface area contributed by atoms with Gasteiger partial charge in [-0.05, 0) is 50.9 Å². The van der Waals surface area contributed by atoms with Gasteiger partial charge in [-0.15, -0.1) is 0 Å². The van der Waals surface area contributed by atoms with E-state index in [0.717, 1.165) is 12.8 Å². The lowest BCUT2D eigenvalue weighted by molar-refractivity contribution is -0.181. The van der Waals surface area contributed by atoms with Crippen molar-refractivity contribution >= 4 is 40.8 Å². The quantitative estimate of drug-likeness (QED) is 0.225. The average Bonchev–Trinajstić information content (AvgIpc) is 2.92. The van der Waals surface area contributed by atoms with Gasteiger partial charge in [0.05, 0.1) is 24.1 Å². The van der Waals surface area contributed by atoms with E-state index in [2.05, 4.69) is 5.32 Å². The number of Topliss-reactive ketones (excluding diaryl/α,β-unsaturated/α-hetero) is 4. The summed E-state index contributed by atoms with van der Waals surface area (Å²) in [5, 5.41) is 25.6. The summed E-state index contributed by atoms with van der Waals surface area (Å²) in [4.78, 5) is 82.3. The van der Waals surface area contributed by atoms with Crippen LogP contribution < -0.4 is 16.0 Å². The number of phenols is 1. The number of carbonyl (C=O) groups is 6. The molecule has 0 bridgehead atoms. The molecular weight excluding hydrogens is 560 g/mol. The first-order valence-electron chi connectivity index (χ1n) is 14.5. The fraction of sp³-hybridized carbons (Fsp3) is 0.600. The molecule has 1 aromatic carbocycles. The summed E-state index contributed by atoms with van der Waals surface area (Å²) in [6.07, 6.45) is 2.00. The molecule has 3 aliphatic carbocycles. The van der Waals surface area contributed by atoms with Crippen LogP contribution in [0.1, 0.15) is 54.1 Å². The van der Waals surface area contributed by atoms with Crippen molar-refractivity contribution in [3.8, 4) is 5.75 Å². The number of rotatable bonds is 9. The molecule has 43 heavy (non-hydrogen) atoms. The monoisotopic (exact) mass is 600 g/mol. The standard InChI is InChI=1S/C30H40N4O9/c1-6-7-8-9-43-29(41)32-13-15-12-18(33(2)3)16-10-14-11-17-22(34(4)5)25(37)21(28(31)40)27(39)30(17,42)26(38)19(14)24(36)20(16)23(15)35/h12,14,17,19,21-22,35,42H,6-11,13H2,1-5H3,(H2,31,40)(H,32,41)/t14-,17-,19?,21?,22-,30-/m0/s1. The van der Waals surface area contributed by atoms with Crippen molar-refractivity contribution in [1.29, 1.82) is 0 Å². The highest BCUT2D eigenvalue weighted by Crippen LogP contribution is 2.52. The number of aromatic hydroxyl groups is 1. The number of phenolic OH excluding ortho intramolecular Hbond substituents is 1. The van der Waals surface area contributed by atoms with Gasteiger partial charge >= 0.3 is 6.09 Å². The lowest BCUT2D eigenvalue weighted by Crippen LogP contribution is -2.74. The number of primary amides is 1. The predicted molar refractivity (Wildman–Crippen MR) is 153 cm³/mol. The van der Waals surface area contributed by atoms with Gasteiger partial charge in [-0.25, -0.2) is 4.79 Å². The van der Waals surface area contributed by atoms with Crippen LogP contribution >= 0.6 is 0 Å². The number of benzene rings is 1. The molecule has 0 radical (unpaired) electrons. The summed E-state index contributed by atoms with van der Waals surface area (Å²) < 4.78 is 5.16. The number of nitrogens with two attached hydrogens (primary N) is 1. The second-order valence-corrected chi connectivity index (χ2v) is 12.1. The highest BCUT2D eigenvalue weighted by molar-refractivity contribution is 6.32. The zero-order chi connectivity index (χ0) is 32.0. The Kier molecular flexibility index (Phi) is 8.98. The van der Waals surface area contributed by atoms with Gasteiger partial charge in [-0.3, -0.25) is 28.9 Å². The number of carbonyl (C=O) groups excluding carboxylic acids is 6. The molecule has 3 aliphatic rings. The van der Waals surface area contributed by atoms with E-state index in [9.17, 15) is 39.0 Å². The fourth-order valence-corrected chi connectivity index (χ4v) is 6.98. The maximum absolute atomic E-state index is 14.1. The Morgan fingerprint density at radius 1 is 1.12 bits per heavy atom. The first kappa shape index (κ1) is 32.1. The van der Waals surface area contributed by atoms with Gasteiger partial charge in [0.15, 0.2) is 34.7 Å². The Morgan fingerprint density at radius 3 is 2.37 bits per heavy atom. The molecule has 4 rings (SSSR count). The van der Waals surface area contributed by atoms with E-state index < -0.39 is 76.2 Å². The Balaban J connectivity index is 1.73. The van der Waals surface area contributed by atoms with Crippen LogP contribution in [0.3, 0.4) is 0 Å². The Morgan fingerprint density at radius 2 is 1.79 bits per heavy atom. The molecular formula is C30H40N4O9. The number of alkyl carbamates (subject to hydrolysis) is 1. The molecule has 2 saturated carbocycles. The molecule has 0 spiro atoms. The Hall–Kier alpha value is -3.84. The minimum absolute atomic E-state index is 0.0370. The molecule has 5 N–H and O–H groups in total. The number of anilines is 1. The number of unbranched alkanes of at least 4 members (excludes halogenated alkanes) is 2. The molecule has 6 atom stereocenters. The molecule has 234 valence electrons. The largest absolute Gasteiger partial charge is 0.507 e. The number of fused-ring (bicyclic) bond motifs is 3. The first-order chi connectivity index (χ1) is 20.2. The minimum Gasteiger partial charge on any atom is -0.507 e. The van der Waals surface area contributed by atoms with Gasteiger partial charge < -0.3 is 30.9 Å². The maximum atomic E-state index is 14.1. The van der Waals surface area contributed by atoms with Crippen LogP contribution in [0.25, 0.3) is 0 Å². The number of amides is 2. The van der Waals surface area contributed by atoms with Crippen LogP contribution in [0.5, 0.6) is 5.75 Å². The van der Waals surface area contributed by atoms with Crippen molar-refractivity contribution in [3.63, 3.8) is 0 Å². The maximum Gasteiger partial charge on any atom is 0.407 e. The van der Waals surface area contributed by atoms with E-state index in [1.165, 1.54) is 19.0 Å². The molecule has 13 heteroatoms. The van der Waals surface area contributed by atoms with Gasteiger partial charge in [0, 0.05) is 37.8 Å². The smallest absolute Gasteiger partial charge is 0.407 e. The van der Waals surface area contributed by atoms with Crippen molar-refractivity contribution in [3.05, 3.63) is 22.8 Å². The lowest BCUT2D eigenvalue weighted by Gasteiger charge is -2.52. The Bertz CT molecular complexity index is 1370. The van der Waals surface area contributed by atoms with Crippen LogP contribution in [-0.4, -0.2) is 96.7 Å². The summed E-state index contributed by atoms with van der Waals surface area (Å²) >= 11 is 0. The summed E-state index contributed by atoms with van der Waals surface area (Å²) in [7, 11) is 6.57. The van der Waals surface area contributed by atoms with E-state index in [0.29, 0.717) is 17.7 Å². The van der Waals surface area contributed by atoms with Crippen molar-refractivity contribution in [1.82, 2.24) is 10.2 Å². The van der Waals surface area contributed by atoms with Gasteiger partial charge in [0.25, 0.3) is 0 Å². The fourth-order valence-electron chi connectivity index (χ4n) is 6.98. The lowest BCUT2D eigenvalue weighted by atomic mass is 9.52. The number of nitrogens with one attached hydrogen (secondary N) is 1. The highest BCUT2D eigenvalue weighted by Gasteiger charge is 2.69. The van der Waals surface area contributed by atoms with Gasteiger partial charge in [-0.2, -0.15) is 0 Å². The number of hydrogen-bond donors (Lipinski definition) is 4. The number of nitrogens with zero attached hydrogens (tertiary/aromatic N) is 2. The number of aliphatic hydroxyl groups is 1. The highest BCUT2D eigenvalue weighted by atomic mass is 16.5. The van der Waals surface area contributed by atoms with Gasteiger partial charge in [0.2, 0.25) is 5.91 Å². The second kappa shape index (κ2) is 12.0. The third-order valence-corrected chi connectivity index (χ3v) is 9.00. The average molecular weight is 601 g/mol. The molecule has 13 nitrogen and oxygen atoms in total. The van der Waals surface area contributed by atoms with E-state index in [4.69, 9.17) is 10.5 Å². The van der Waals surface area contributed by atoms with Crippen molar-refractivity contribution in [2.45, 2.75) is 57.2 Å². The SMILES string of the molecule is CCCCCOC(=O)NCc1cc(N(C)C)c2c(c1O)C(=O)C1C(=O)[C@]3(O)C(=O)C(C(N)=O)C(=O)[C@@H](N(C)C)[C@@H]3C[C@@H]1C2. The summed E-state index contributed by atoms with van der Waals surface area (Å²) in [5.74, 6) is -11.1. The Labute approximate surface area is 249 Å². The molecule has 1 aromatic rings. The van der Waals surface area contributed by atoms with Crippen LogP contribution in [0, 0.1) is 23.7 Å². The van der Waals surface area contributed by atoms with Crippen molar-refractivity contribution in [2.75, 3.05) is 39.7 Å². The molecule has 0 aliphatic heterocycles. The minimum atomic E-state index is -2.79. The third kappa shape index (κ3) is 5.29. The topological polar surface area (TPSA) is 197 Å². The number of likely N-dealkylation sites (N-methyl/N-ethyl adjacent to an activating group) is 1. The zero-order valence-electron chi connectivity index (χ0n) is 25.1. The molecule has 2 fully saturated rings. The summed E-state index contributed by atoms with van der Waals surface area (Å²) in [5.41, 5.74) is 3.70. The normalized spacial score (nSPS) is 28.2. The number of hydrogen-bond acceptors (Lipinski definition) is 11. The molecule has 2 amide bonds. The van der Waals surface area contributed by atoms with E-state index in [1.807, 2.05) is 6.92 Å². The van der Waals surface area contributed by atoms with E-state index in [1.54, 1.807) is 25.1 Å². The van der Waals surface area contributed by atoms with Crippen LogP contribution in [-0.2, 0) is 36.9 Å². The zero-order valence-corrected chi connectivity index (χ0v) is 25.1. The molecule has 0 heterocycles. The molecule has 0 saturated heterocycles. The van der Waals surface area contributed by atoms with E-state index in [-0.39, 0.29) is 37.1 Å². The molecule has 2 unspecified atom stereocenters. The van der Waals surface area contributed by atoms with Gasteiger partial charge in [0.1, 0.15) is 5.75 Å².